The summed E-state index contributed by atoms with van der Waals surface area (Å²) in [5, 5.41) is 19.0. The Labute approximate surface area is 190 Å². The van der Waals surface area contributed by atoms with Gasteiger partial charge in [0.05, 0.1) is 11.5 Å². The van der Waals surface area contributed by atoms with Crippen LogP contribution in [-0.4, -0.2) is 50.8 Å². The molecule has 1 unspecified atom stereocenters. The third-order valence-electron chi connectivity index (χ3n) is 5.33. The van der Waals surface area contributed by atoms with Gasteiger partial charge < -0.3 is 25.8 Å². The first kappa shape index (κ1) is 21.8. The van der Waals surface area contributed by atoms with Crippen LogP contribution in [-0.2, 0) is 9.59 Å². The number of aromatic nitrogens is 3. The molecule has 33 heavy (non-hydrogen) atoms. The van der Waals surface area contributed by atoms with Crippen LogP contribution in [0.15, 0.2) is 49.2 Å². The number of hydrogen-bond acceptors (Lipinski definition) is 7. The third kappa shape index (κ3) is 5.27. The van der Waals surface area contributed by atoms with Crippen molar-refractivity contribution in [1.29, 1.82) is 5.26 Å². The average Bonchev–Trinajstić information content (AvgIpc) is 3.28. The van der Waals surface area contributed by atoms with Gasteiger partial charge in [-0.3, -0.25) is 9.59 Å². The van der Waals surface area contributed by atoms with Crippen molar-refractivity contribution in [1.82, 2.24) is 19.9 Å². The summed E-state index contributed by atoms with van der Waals surface area (Å²) in [5.41, 5.74) is 1.99. The van der Waals surface area contributed by atoms with E-state index in [0.29, 0.717) is 41.9 Å². The smallest absolute Gasteiger partial charge is 0.247 e. The fourth-order valence-corrected chi connectivity index (χ4v) is 3.80. The number of amides is 2. The van der Waals surface area contributed by atoms with Crippen molar-refractivity contribution in [3.8, 4) is 6.07 Å². The maximum absolute atomic E-state index is 12.1. The van der Waals surface area contributed by atoms with Gasteiger partial charge >= 0.3 is 0 Å². The maximum atomic E-state index is 12.1. The highest BCUT2D eigenvalue weighted by Crippen LogP contribution is 2.26. The lowest BCUT2D eigenvalue weighted by molar-refractivity contribution is -0.131. The molecule has 0 bridgehead atoms. The van der Waals surface area contributed by atoms with Gasteiger partial charge in [0.15, 0.2) is 0 Å². The van der Waals surface area contributed by atoms with Crippen molar-refractivity contribution in [2.75, 3.05) is 29.0 Å². The van der Waals surface area contributed by atoms with Crippen LogP contribution in [0, 0.1) is 11.3 Å². The van der Waals surface area contributed by atoms with Crippen LogP contribution in [0.2, 0.25) is 0 Å². The van der Waals surface area contributed by atoms with Crippen molar-refractivity contribution in [2.45, 2.75) is 25.3 Å². The second-order valence-electron chi connectivity index (χ2n) is 7.69. The lowest BCUT2D eigenvalue weighted by Gasteiger charge is -2.33. The summed E-state index contributed by atoms with van der Waals surface area (Å²) in [6.45, 7) is 4.64. The number of aromatic amines is 1. The van der Waals surface area contributed by atoms with Crippen molar-refractivity contribution >= 4 is 46.0 Å². The molecule has 10 nitrogen and oxygen atoms in total. The molecule has 2 aromatic heterocycles. The topological polar surface area (TPSA) is 139 Å². The molecule has 0 radical (unpaired) electrons. The van der Waals surface area contributed by atoms with E-state index in [0.717, 1.165) is 18.2 Å². The molecule has 1 aliphatic rings. The lowest BCUT2D eigenvalue weighted by atomic mass is 10.1. The molecule has 1 atom stereocenters. The van der Waals surface area contributed by atoms with Crippen molar-refractivity contribution < 1.29 is 9.59 Å². The van der Waals surface area contributed by atoms with Crippen LogP contribution in [0.25, 0.3) is 11.0 Å². The fraction of sp³-hybridized carbons (Fsp3) is 0.261. The molecular weight excluding hydrogens is 420 g/mol. The first-order valence-electron chi connectivity index (χ1n) is 10.6. The summed E-state index contributed by atoms with van der Waals surface area (Å²) in [5.74, 6) is 0.592. The normalized spacial score (nSPS) is 15.5. The van der Waals surface area contributed by atoms with Crippen molar-refractivity contribution in [3.05, 3.63) is 49.2 Å². The summed E-state index contributed by atoms with van der Waals surface area (Å²) in [6, 6.07) is 11.0. The Morgan fingerprint density at radius 1 is 1.30 bits per heavy atom. The zero-order valence-electron chi connectivity index (χ0n) is 18.0. The lowest BCUT2D eigenvalue weighted by Crippen LogP contribution is -2.45. The number of benzene rings is 1. The third-order valence-corrected chi connectivity index (χ3v) is 5.33. The highest BCUT2D eigenvalue weighted by Gasteiger charge is 2.24. The fourth-order valence-electron chi connectivity index (χ4n) is 3.80. The molecule has 168 valence electrons. The Morgan fingerprint density at radius 3 is 2.97 bits per heavy atom. The van der Waals surface area contributed by atoms with Gasteiger partial charge in [-0.05, 0) is 43.2 Å². The quantitative estimate of drug-likeness (QED) is 0.411. The molecule has 2 amide bonds. The van der Waals surface area contributed by atoms with Gasteiger partial charge in [-0.1, -0.05) is 12.6 Å². The molecule has 1 aromatic carbocycles. The van der Waals surface area contributed by atoms with Gasteiger partial charge in [0.2, 0.25) is 17.8 Å². The molecule has 0 spiro atoms. The van der Waals surface area contributed by atoms with E-state index in [-0.39, 0.29) is 24.3 Å². The number of piperidine rings is 1. The molecule has 3 heterocycles. The predicted octanol–water partition coefficient (Wildman–Crippen LogP) is 3.14. The molecule has 0 aliphatic carbocycles. The SMILES string of the molecule is C=CC(=O)Nc1cccc(Nc2nc(NC3CCCN(C(=O)CC#N)C3)c3cc[nH]c3n2)c1. The maximum Gasteiger partial charge on any atom is 0.247 e. The highest BCUT2D eigenvalue weighted by atomic mass is 16.2. The number of likely N-dealkylation sites (tertiary alicyclic amines) is 1. The number of carbonyl (C=O) groups excluding carboxylic acids is 2. The number of anilines is 4. The highest BCUT2D eigenvalue weighted by molar-refractivity contribution is 5.99. The van der Waals surface area contributed by atoms with Gasteiger partial charge in [-0.2, -0.15) is 15.2 Å². The molecule has 0 saturated carbocycles. The van der Waals surface area contributed by atoms with Crippen LogP contribution in [0.5, 0.6) is 0 Å². The number of carbonyl (C=O) groups is 2. The number of hydrogen-bond donors (Lipinski definition) is 4. The molecule has 4 N–H and O–H groups in total. The molecular formula is C23H24N8O2. The monoisotopic (exact) mass is 444 g/mol. The summed E-state index contributed by atoms with van der Waals surface area (Å²) < 4.78 is 0. The van der Waals surface area contributed by atoms with E-state index in [1.54, 1.807) is 23.2 Å². The number of nitriles is 1. The minimum Gasteiger partial charge on any atom is -0.365 e. The van der Waals surface area contributed by atoms with E-state index < -0.39 is 0 Å². The van der Waals surface area contributed by atoms with Gasteiger partial charge in [-0.15, -0.1) is 0 Å². The Morgan fingerprint density at radius 2 is 2.15 bits per heavy atom. The second-order valence-corrected chi connectivity index (χ2v) is 7.69. The number of rotatable bonds is 7. The molecule has 1 saturated heterocycles. The van der Waals surface area contributed by atoms with E-state index in [4.69, 9.17) is 5.26 Å². The predicted molar refractivity (Wildman–Crippen MR) is 126 cm³/mol. The van der Waals surface area contributed by atoms with Gasteiger partial charge in [0.1, 0.15) is 17.9 Å². The van der Waals surface area contributed by atoms with Gasteiger partial charge in [0, 0.05) is 36.7 Å². The number of nitrogens with one attached hydrogen (secondary N) is 4. The van der Waals surface area contributed by atoms with Gasteiger partial charge in [0.25, 0.3) is 0 Å². The summed E-state index contributed by atoms with van der Waals surface area (Å²) in [7, 11) is 0. The summed E-state index contributed by atoms with van der Waals surface area (Å²) in [6.07, 6.45) is 4.64. The van der Waals surface area contributed by atoms with Crippen LogP contribution in [0.3, 0.4) is 0 Å². The molecule has 10 heteroatoms. The summed E-state index contributed by atoms with van der Waals surface area (Å²) >= 11 is 0. The Balaban J connectivity index is 1.53. The molecule has 3 aromatic rings. The second kappa shape index (κ2) is 9.82. The first-order chi connectivity index (χ1) is 16.1. The largest absolute Gasteiger partial charge is 0.365 e. The minimum absolute atomic E-state index is 0.0136. The summed E-state index contributed by atoms with van der Waals surface area (Å²) in [4.78, 5) is 37.8. The Bertz CT molecular complexity index is 1230. The zero-order valence-corrected chi connectivity index (χ0v) is 18.0. The number of nitrogens with zero attached hydrogens (tertiary/aromatic N) is 4. The standard InChI is InChI=1S/C23H24N8O2/c1-2-19(32)26-15-5-3-6-16(13-15)28-23-29-21-18(9-11-25-21)22(30-23)27-17-7-4-12-31(14-17)20(33)8-10-24/h2-3,5-6,9,11,13,17H,1,4,7-8,12,14H2,(H,26,32)(H3,25,27,28,29,30). The average molecular weight is 444 g/mol. The van der Waals surface area contributed by atoms with Crippen molar-refractivity contribution in [2.24, 2.45) is 0 Å². The Kier molecular flexibility index (Phi) is 6.50. The van der Waals surface area contributed by atoms with E-state index in [1.165, 1.54) is 6.08 Å². The minimum atomic E-state index is -0.294. The van der Waals surface area contributed by atoms with Crippen LogP contribution < -0.4 is 16.0 Å². The van der Waals surface area contributed by atoms with Crippen LogP contribution in [0.4, 0.5) is 23.1 Å². The van der Waals surface area contributed by atoms with Crippen molar-refractivity contribution in [3.63, 3.8) is 0 Å². The van der Waals surface area contributed by atoms with E-state index in [2.05, 4.69) is 37.5 Å². The molecule has 1 fully saturated rings. The first-order valence-corrected chi connectivity index (χ1v) is 10.6. The van der Waals surface area contributed by atoms with E-state index >= 15 is 0 Å². The van der Waals surface area contributed by atoms with E-state index in [9.17, 15) is 9.59 Å². The Hall–Kier alpha value is -4.39. The molecule has 1 aliphatic heterocycles. The van der Waals surface area contributed by atoms with Crippen LogP contribution >= 0.6 is 0 Å². The van der Waals surface area contributed by atoms with Gasteiger partial charge in [-0.25, -0.2) is 0 Å². The number of H-pyrrole nitrogens is 1. The van der Waals surface area contributed by atoms with Crippen LogP contribution in [0.1, 0.15) is 19.3 Å². The zero-order chi connectivity index (χ0) is 23.2. The number of fused-ring (bicyclic) bond motifs is 1. The molecule has 4 rings (SSSR count). The van der Waals surface area contributed by atoms with E-state index in [1.807, 2.05) is 24.3 Å².